The number of rotatable bonds is 4. The number of benzene rings is 6. The van der Waals surface area contributed by atoms with Gasteiger partial charge in [-0.2, -0.15) is 0 Å². The van der Waals surface area contributed by atoms with E-state index in [1.165, 1.54) is 66.1 Å². The van der Waals surface area contributed by atoms with E-state index in [9.17, 15) is 0 Å². The lowest BCUT2D eigenvalue weighted by Gasteiger charge is -2.34. The van der Waals surface area contributed by atoms with Crippen molar-refractivity contribution in [1.29, 1.82) is 0 Å². The van der Waals surface area contributed by atoms with Crippen LogP contribution in [-0.4, -0.2) is 25.8 Å². The zero-order chi connectivity index (χ0) is 35.4. The summed E-state index contributed by atoms with van der Waals surface area (Å²) in [7, 11) is -2.84. The molecule has 0 bridgehead atoms. The average molecular weight is 707 g/mol. The van der Waals surface area contributed by atoms with E-state index in [1.54, 1.807) is 20.8 Å². The van der Waals surface area contributed by atoms with Crippen LogP contribution in [0.25, 0.3) is 49.4 Å². The summed E-state index contributed by atoms with van der Waals surface area (Å²) in [6.07, 6.45) is 21.2. The van der Waals surface area contributed by atoms with Crippen LogP contribution in [0.5, 0.6) is 0 Å². The van der Waals surface area contributed by atoms with Crippen molar-refractivity contribution >= 4 is 55.6 Å². The maximum absolute atomic E-state index is 2.64. The van der Waals surface area contributed by atoms with Crippen LogP contribution in [-0.2, 0) is 6.42 Å². The van der Waals surface area contributed by atoms with Crippen LogP contribution in [0.1, 0.15) is 36.0 Å². The minimum atomic E-state index is -2.01. The van der Waals surface area contributed by atoms with Crippen molar-refractivity contribution in [3.05, 3.63) is 168 Å². The molecule has 0 saturated carbocycles. The quantitative estimate of drug-likeness (QED) is 0.126. The molecule has 0 saturated heterocycles. The summed E-state index contributed by atoms with van der Waals surface area (Å²) in [5.74, 6) is 1.05. The Morgan fingerprint density at radius 3 is 2.23 bits per heavy atom. The summed E-state index contributed by atoms with van der Waals surface area (Å²) < 4.78 is 0. The highest BCUT2D eigenvalue weighted by atomic mass is 32.3. The van der Waals surface area contributed by atoms with Crippen molar-refractivity contribution < 1.29 is 0 Å². The van der Waals surface area contributed by atoms with E-state index < -0.39 is 18.1 Å². The van der Waals surface area contributed by atoms with Gasteiger partial charge < -0.3 is 0 Å². The molecular weight excluding hydrogens is 661 g/mol. The molecular formula is C50H46SSi. The molecule has 0 nitrogen and oxygen atoms in total. The average Bonchev–Trinajstić information content (AvgIpc) is 3.50. The molecule has 6 aromatic rings. The third-order valence-electron chi connectivity index (χ3n) is 13.2. The van der Waals surface area contributed by atoms with Gasteiger partial charge in [-0.15, -0.1) is 0 Å². The first-order chi connectivity index (χ1) is 25.2. The molecule has 2 heterocycles. The Morgan fingerprint density at radius 2 is 1.40 bits per heavy atom. The van der Waals surface area contributed by atoms with Crippen LogP contribution >= 0.6 is 10.0 Å². The van der Waals surface area contributed by atoms with Crippen LogP contribution < -0.4 is 10.4 Å². The summed E-state index contributed by atoms with van der Waals surface area (Å²) in [4.78, 5) is 1.62. The van der Waals surface area contributed by atoms with Gasteiger partial charge in [-0.1, -0.05) is 154 Å². The maximum Gasteiger partial charge on any atom is 0.113 e. The number of allylic oxidation sites excluding steroid dienone is 8. The van der Waals surface area contributed by atoms with Crippen LogP contribution in [0.2, 0.25) is 13.1 Å². The Morgan fingerprint density at radius 1 is 0.692 bits per heavy atom. The highest BCUT2D eigenvalue weighted by molar-refractivity contribution is 8.33. The maximum atomic E-state index is 2.64. The summed E-state index contributed by atoms with van der Waals surface area (Å²) >= 11 is 0. The zero-order valence-corrected chi connectivity index (χ0v) is 32.7. The highest BCUT2D eigenvalue weighted by Crippen LogP contribution is 2.65. The van der Waals surface area contributed by atoms with Gasteiger partial charge in [-0.25, -0.2) is 10.0 Å². The van der Waals surface area contributed by atoms with E-state index >= 15 is 0 Å². The van der Waals surface area contributed by atoms with Gasteiger partial charge in [0, 0.05) is 5.92 Å². The molecule has 0 radical (unpaired) electrons. The fourth-order valence-corrected chi connectivity index (χ4v) is 15.9. The van der Waals surface area contributed by atoms with Gasteiger partial charge in [0.2, 0.25) is 0 Å². The second-order valence-corrected chi connectivity index (χ2v) is 24.8. The Balaban J connectivity index is 1.18. The monoisotopic (exact) mass is 706 g/mol. The Hall–Kier alpha value is -4.63. The van der Waals surface area contributed by atoms with Gasteiger partial charge in [0.15, 0.2) is 0 Å². The molecule has 0 amide bonds. The van der Waals surface area contributed by atoms with Gasteiger partial charge in [0.25, 0.3) is 0 Å². The predicted octanol–water partition coefficient (Wildman–Crippen LogP) is 12.1. The first-order valence-corrected chi connectivity index (χ1v) is 24.5. The van der Waals surface area contributed by atoms with Gasteiger partial charge in [-0.3, -0.25) is 0 Å². The largest absolute Gasteiger partial charge is 0.217 e. The van der Waals surface area contributed by atoms with E-state index in [1.807, 2.05) is 0 Å². The van der Waals surface area contributed by atoms with Gasteiger partial charge in [0.05, 0.1) is 0 Å². The lowest BCUT2D eigenvalue weighted by atomic mass is 9.80. The first-order valence-electron chi connectivity index (χ1n) is 19.0. The van der Waals surface area contributed by atoms with Crippen molar-refractivity contribution in [1.82, 2.24) is 0 Å². The van der Waals surface area contributed by atoms with E-state index in [4.69, 9.17) is 0 Å². The summed E-state index contributed by atoms with van der Waals surface area (Å²) in [6, 6.07) is 42.4. The number of hydrogen-bond donors (Lipinski definition) is 0. The lowest BCUT2D eigenvalue weighted by molar-refractivity contribution is 0.680. The molecule has 0 N–H and O–H groups in total. The van der Waals surface area contributed by atoms with Gasteiger partial charge >= 0.3 is 0 Å². The van der Waals surface area contributed by atoms with Crippen LogP contribution in [0.15, 0.2) is 156 Å². The predicted molar refractivity (Wildman–Crippen MR) is 232 cm³/mol. The number of fused-ring (bicyclic) bond motifs is 7. The Kier molecular flexibility index (Phi) is 7.20. The molecule has 4 aliphatic rings. The topological polar surface area (TPSA) is 0 Å². The van der Waals surface area contributed by atoms with Crippen LogP contribution in [0, 0.1) is 5.92 Å². The summed E-state index contributed by atoms with van der Waals surface area (Å²) in [5, 5.41) is 9.29. The summed E-state index contributed by atoms with van der Waals surface area (Å²) in [6.45, 7) is 7.70. The lowest BCUT2D eigenvalue weighted by Crippen LogP contribution is -2.49. The zero-order valence-electron chi connectivity index (χ0n) is 30.9. The standard InChI is InChI=1S/C50H46SSi/c1-32-42(38-19-13-14-22-46(38)51(32,2)3)27-33-23-26-39-43-30-44-45(31-48(43)52(4,5)47(39)28-33)49(35-16-7-6-8-17-35)40-20-11-12-21-41(40)50(44)37-25-24-34-15-9-10-18-36(34)29-37/h6-23,25-26,28-32,34,42H,24,27H2,1-5H3. The molecule has 52 heavy (non-hydrogen) atoms. The molecule has 2 heteroatoms. The van der Waals surface area contributed by atoms with Gasteiger partial charge in [0.1, 0.15) is 8.07 Å². The minimum Gasteiger partial charge on any atom is -0.217 e. The highest BCUT2D eigenvalue weighted by Gasteiger charge is 2.42. The van der Waals surface area contributed by atoms with Crippen molar-refractivity contribution in [2.24, 2.45) is 5.92 Å². The Bertz CT molecular complexity index is 2600. The van der Waals surface area contributed by atoms with Crippen LogP contribution in [0.4, 0.5) is 0 Å². The molecule has 3 atom stereocenters. The van der Waals surface area contributed by atoms with E-state index in [2.05, 4.69) is 178 Å². The first kappa shape index (κ1) is 32.1. The summed E-state index contributed by atoms with van der Waals surface area (Å²) in [5.41, 5.74) is 12.8. The normalized spacial score (nSPS) is 22.4. The van der Waals surface area contributed by atoms with Crippen molar-refractivity contribution in [3.63, 3.8) is 0 Å². The van der Waals surface area contributed by atoms with Gasteiger partial charge in [-0.05, 0) is 136 Å². The fraction of sp³-hybridized carbons (Fsp3) is 0.200. The molecule has 256 valence electrons. The molecule has 0 aromatic heterocycles. The molecule has 6 aromatic carbocycles. The third kappa shape index (κ3) is 4.66. The smallest absolute Gasteiger partial charge is 0.113 e. The van der Waals surface area contributed by atoms with E-state index in [0.717, 1.165) is 12.8 Å². The van der Waals surface area contributed by atoms with Crippen molar-refractivity contribution in [2.75, 3.05) is 12.5 Å². The molecule has 2 aliphatic heterocycles. The van der Waals surface area contributed by atoms with E-state index in [0.29, 0.717) is 17.1 Å². The van der Waals surface area contributed by atoms with E-state index in [-0.39, 0.29) is 0 Å². The molecule has 0 fully saturated rings. The Labute approximate surface area is 311 Å². The SMILES string of the molecule is CC1C(Cc2ccc3c(c2)[Si](C)(C)c2cc4c(-c5ccccc5)c5ccccc5c(C5=CCC6C=CC=CC6=C5)c4cc2-3)c2ccccc2S1(C)C. The molecule has 10 rings (SSSR count). The molecule has 3 unspecified atom stereocenters. The molecule has 0 spiro atoms. The second kappa shape index (κ2) is 11.7. The van der Waals surface area contributed by atoms with Crippen molar-refractivity contribution in [2.45, 2.75) is 48.9 Å². The van der Waals surface area contributed by atoms with Crippen molar-refractivity contribution in [3.8, 4) is 22.3 Å². The second-order valence-electron chi connectivity index (χ2n) is 16.5. The number of hydrogen-bond acceptors (Lipinski definition) is 0. The van der Waals surface area contributed by atoms with Crippen LogP contribution in [0.3, 0.4) is 0 Å². The minimum absolute atomic E-state index is 0.472. The third-order valence-corrected chi connectivity index (χ3v) is 20.4. The fourth-order valence-electron chi connectivity index (χ4n) is 10.1. The molecule has 2 aliphatic carbocycles.